The van der Waals surface area contributed by atoms with Crippen LogP contribution >= 0.6 is 23.8 Å². The van der Waals surface area contributed by atoms with Crippen LogP contribution in [0.25, 0.3) is 11.6 Å². The van der Waals surface area contributed by atoms with Gasteiger partial charge >= 0.3 is 0 Å². The lowest BCUT2D eigenvalue weighted by Gasteiger charge is -2.00. The zero-order valence-corrected chi connectivity index (χ0v) is 14.9. The van der Waals surface area contributed by atoms with Crippen LogP contribution in [0, 0.1) is 11.7 Å². The van der Waals surface area contributed by atoms with Crippen LogP contribution in [0.5, 0.6) is 0 Å². The molecule has 0 aliphatic rings. The average molecular weight is 365 g/mol. The fourth-order valence-electron chi connectivity index (χ4n) is 2.25. The summed E-state index contributed by atoms with van der Waals surface area (Å²) < 4.78 is 9.01. The number of aromatic nitrogens is 5. The zero-order chi connectivity index (χ0) is 17.1. The summed E-state index contributed by atoms with van der Waals surface area (Å²) in [5, 5.41) is 16.3. The van der Waals surface area contributed by atoms with Crippen LogP contribution in [-0.4, -0.2) is 30.9 Å². The third-order valence-electron chi connectivity index (χ3n) is 3.53. The van der Waals surface area contributed by atoms with E-state index in [-0.39, 0.29) is 0 Å². The Morgan fingerprint density at radius 1 is 1.50 bits per heavy atom. The normalized spacial score (nSPS) is 11.6. The minimum Gasteiger partial charge on any atom is -0.461 e. The van der Waals surface area contributed by atoms with Crippen molar-refractivity contribution in [1.29, 1.82) is 0 Å². The molecular formula is C15H17ClN6OS. The van der Waals surface area contributed by atoms with Gasteiger partial charge in [0.05, 0.1) is 23.7 Å². The highest BCUT2D eigenvalue weighted by Gasteiger charge is 2.13. The van der Waals surface area contributed by atoms with Crippen LogP contribution in [0.4, 0.5) is 0 Å². The third-order valence-corrected chi connectivity index (χ3v) is 4.19. The van der Waals surface area contributed by atoms with E-state index in [9.17, 15) is 0 Å². The van der Waals surface area contributed by atoms with Gasteiger partial charge in [0.2, 0.25) is 10.6 Å². The molecule has 0 radical (unpaired) electrons. The van der Waals surface area contributed by atoms with Crippen molar-refractivity contribution in [3.05, 3.63) is 39.6 Å². The van der Waals surface area contributed by atoms with E-state index in [0.717, 1.165) is 30.6 Å². The maximum Gasteiger partial charge on any atom is 0.219 e. The fourth-order valence-corrected chi connectivity index (χ4v) is 2.74. The highest BCUT2D eigenvalue weighted by atomic mass is 35.5. The SMILES string of the molecule is CCCCn1nc(C)c(C=Nn2c(-c3ccco3)n[nH]c2=S)c1Cl. The number of hydrogen-bond donors (Lipinski definition) is 1. The molecule has 0 spiro atoms. The molecule has 0 saturated heterocycles. The summed E-state index contributed by atoms with van der Waals surface area (Å²) in [5.41, 5.74) is 1.58. The number of rotatable bonds is 6. The van der Waals surface area contributed by atoms with Crippen LogP contribution in [0.3, 0.4) is 0 Å². The Morgan fingerprint density at radius 3 is 3.04 bits per heavy atom. The second-order valence-corrected chi connectivity index (χ2v) is 6.00. The molecule has 0 saturated carbocycles. The first kappa shape index (κ1) is 16.7. The standard InChI is InChI=1S/C15H17ClN6OS/c1-3-4-7-21-13(16)11(10(2)20-21)9-17-22-14(18-19-15(22)24)12-6-5-8-23-12/h5-6,8-9H,3-4,7H2,1-2H3,(H,19,24). The Labute approximate surface area is 148 Å². The van der Waals surface area contributed by atoms with Gasteiger partial charge in [-0.25, -0.2) is 5.10 Å². The molecule has 24 heavy (non-hydrogen) atoms. The molecule has 0 aliphatic heterocycles. The highest BCUT2D eigenvalue weighted by Crippen LogP contribution is 2.20. The van der Waals surface area contributed by atoms with Crippen molar-refractivity contribution < 1.29 is 4.42 Å². The van der Waals surface area contributed by atoms with E-state index in [0.29, 0.717) is 21.5 Å². The summed E-state index contributed by atoms with van der Waals surface area (Å²) in [5.74, 6) is 1.06. The number of halogens is 1. The summed E-state index contributed by atoms with van der Waals surface area (Å²) in [4.78, 5) is 0. The average Bonchev–Trinajstić information content (AvgIpc) is 3.26. The van der Waals surface area contributed by atoms with E-state index in [2.05, 4.69) is 27.3 Å². The van der Waals surface area contributed by atoms with Gasteiger partial charge in [-0.3, -0.25) is 4.68 Å². The Morgan fingerprint density at radius 2 is 2.33 bits per heavy atom. The molecule has 0 fully saturated rings. The number of hydrogen-bond acceptors (Lipinski definition) is 5. The first-order valence-corrected chi connectivity index (χ1v) is 8.39. The maximum absolute atomic E-state index is 6.42. The molecule has 0 bridgehead atoms. The molecule has 0 aliphatic carbocycles. The molecule has 3 aromatic rings. The first-order chi connectivity index (χ1) is 11.6. The molecule has 1 N–H and O–H groups in total. The summed E-state index contributed by atoms with van der Waals surface area (Å²) in [6.45, 7) is 4.81. The van der Waals surface area contributed by atoms with Gasteiger partial charge in [-0.15, -0.1) is 5.10 Å². The molecule has 3 heterocycles. The van der Waals surface area contributed by atoms with Crippen molar-refractivity contribution in [2.75, 3.05) is 0 Å². The fraction of sp³-hybridized carbons (Fsp3) is 0.333. The second kappa shape index (κ2) is 7.14. The number of nitrogens with one attached hydrogen (secondary N) is 1. The van der Waals surface area contributed by atoms with Crippen LogP contribution in [0.15, 0.2) is 27.9 Å². The topological polar surface area (TPSA) is 76.9 Å². The minimum absolute atomic E-state index is 0.366. The van der Waals surface area contributed by atoms with Crippen LogP contribution in [0.1, 0.15) is 31.0 Å². The lowest BCUT2D eigenvalue weighted by atomic mass is 10.3. The van der Waals surface area contributed by atoms with E-state index in [1.54, 1.807) is 29.3 Å². The Hall–Kier alpha value is -2.19. The second-order valence-electron chi connectivity index (χ2n) is 5.25. The molecular weight excluding hydrogens is 348 g/mol. The molecule has 0 aromatic carbocycles. The summed E-state index contributed by atoms with van der Waals surface area (Å²) in [7, 11) is 0. The van der Waals surface area contributed by atoms with Crippen molar-refractivity contribution in [1.82, 2.24) is 24.7 Å². The lowest BCUT2D eigenvalue weighted by molar-refractivity contribution is 0.569. The highest BCUT2D eigenvalue weighted by molar-refractivity contribution is 7.71. The lowest BCUT2D eigenvalue weighted by Crippen LogP contribution is -2.00. The van der Waals surface area contributed by atoms with Gasteiger partial charge < -0.3 is 4.42 Å². The summed E-state index contributed by atoms with van der Waals surface area (Å²) >= 11 is 11.6. The van der Waals surface area contributed by atoms with Gasteiger partial charge in [-0.2, -0.15) is 14.9 Å². The molecule has 0 amide bonds. The number of H-pyrrole nitrogens is 1. The molecule has 3 rings (SSSR count). The largest absolute Gasteiger partial charge is 0.461 e. The van der Waals surface area contributed by atoms with Crippen molar-refractivity contribution in [3.63, 3.8) is 0 Å². The van der Waals surface area contributed by atoms with Crippen molar-refractivity contribution >= 4 is 30.0 Å². The third kappa shape index (κ3) is 3.20. The van der Waals surface area contributed by atoms with E-state index in [1.807, 2.05) is 6.92 Å². The molecule has 7 nitrogen and oxygen atoms in total. The predicted molar refractivity (Wildman–Crippen MR) is 95.0 cm³/mol. The number of furan rings is 1. The van der Waals surface area contributed by atoms with Crippen LogP contribution in [-0.2, 0) is 6.54 Å². The quantitative estimate of drug-likeness (QED) is 0.529. The Bertz CT molecular complexity index is 905. The summed E-state index contributed by atoms with van der Waals surface area (Å²) in [6, 6.07) is 3.57. The van der Waals surface area contributed by atoms with E-state index in [4.69, 9.17) is 28.2 Å². The molecule has 0 unspecified atom stereocenters. The molecule has 0 atom stereocenters. The van der Waals surface area contributed by atoms with Crippen molar-refractivity contribution in [2.24, 2.45) is 5.10 Å². The van der Waals surface area contributed by atoms with E-state index >= 15 is 0 Å². The number of unbranched alkanes of at least 4 members (excludes halogenated alkanes) is 1. The maximum atomic E-state index is 6.42. The van der Waals surface area contributed by atoms with Crippen molar-refractivity contribution in [3.8, 4) is 11.6 Å². The monoisotopic (exact) mass is 364 g/mol. The van der Waals surface area contributed by atoms with Gasteiger partial charge in [0, 0.05) is 6.54 Å². The van der Waals surface area contributed by atoms with E-state index in [1.165, 1.54) is 4.68 Å². The summed E-state index contributed by atoms with van der Waals surface area (Å²) in [6.07, 6.45) is 5.31. The minimum atomic E-state index is 0.366. The van der Waals surface area contributed by atoms with Gasteiger partial charge in [-0.05, 0) is 37.7 Å². The Balaban J connectivity index is 1.94. The molecule has 3 aromatic heterocycles. The van der Waals surface area contributed by atoms with Crippen molar-refractivity contribution in [2.45, 2.75) is 33.2 Å². The first-order valence-electron chi connectivity index (χ1n) is 7.60. The van der Waals surface area contributed by atoms with E-state index < -0.39 is 0 Å². The van der Waals surface area contributed by atoms with Crippen LogP contribution in [0.2, 0.25) is 5.15 Å². The van der Waals surface area contributed by atoms with Gasteiger partial charge in [0.25, 0.3) is 0 Å². The smallest absolute Gasteiger partial charge is 0.219 e. The number of aryl methyl sites for hydroxylation is 2. The van der Waals surface area contributed by atoms with Gasteiger partial charge in [0.15, 0.2) is 5.76 Å². The number of nitrogens with zero attached hydrogens (tertiary/aromatic N) is 5. The predicted octanol–water partition coefficient (Wildman–Crippen LogP) is 4.04. The molecule has 9 heteroatoms. The van der Waals surface area contributed by atoms with Gasteiger partial charge in [-0.1, -0.05) is 24.9 Å². The number of aromatic amines is 1. The van der Waals surface area contributed by atoms with Crippen LogP contribution < -0.4 is 0 Å². The zero-order valence-electron chi connectivity index (χ0n) is 13.4. The van der Waals surface area contributed by atoms with Gasteiger partial charge in [0.1, 0.15) is 5.15 Å². The molecule has 126 valence electrons. The Kier molecular flexibility index (Phi) is 4.96.